The van der Waals surface area contributed by atoms with Gasteiger partial charge in [-0.15, -0.1) is 0 Å². The molecule has 0 fully saturated rings. The number of isocyanates is 1. The van der Waals surface area contributed by atoms with E-state index in [4.69, 9.17) is 0 Å². The summed E-state index contributed by atoms with van der Waals surface area (Å²) < 4.78 is 0. The van der Waals surface area contributed by atoms with Gasteiger partial charge in [0.1, 0.15) is 5.75 Å². The average Bonchev–Trinajstić information content (AvgIpc) is 2.69. The minimum absolute atomic E-state index is 0.192. The van der Waals surface area contributed by atoms with Gasteiger partial charge < -0.3 is 5.11 Å². The Kier molecular flexibility index (Phi) is 5.22. The molecule has 0 heterocycles. The first-order valence-corrected chi connectivity index (χ1v) is 9.34. The van der Waals surface area contributed by atoms with E-state index in [9.17, 15) is 9.90 Å². The fraction of sp³-hybridized carbons (Fsp3) is 0.240. The van der Waals surface area contributed by atoms with Crippen LogP contribution >= 0.6 is 0 Å². The van der Waals surface area contributed by atoms with E-state index in [1.807, 2.05) is 36.4 Å². The first kappa shape index (κ1) is 19.6. The maximum absolute atomic E-state index is 10.4. The summed E-state index contributed by atoms with van der Waals surface area (Å²) in [5, 5.41) is 9.60. The van der Waals surface area contributed by atoms with Crippen molar-refractivity contribution in [2.75, 3.05) is 0 Å². The number of hydrogen-bond acceptors (Lipinski definition) is 3. The van der Waals surface area contributed by atoms with Crippen LogP contribution in [-0.2, 0) is 15.6 Å². The van der Waals surface area contributed by atoms with Gasteiger partial charge in [0.05, 0.1) is 5.69 Å². The number of hydrogen-bond donors (Lipinski definition) is 1. The van der Waals surface area contributed by atoms with Crippen molar-refractivity contribution in [1.82, 2.24) is 0 Å². The standard InChI is InChI=1S/C25H25NO2/c1-24(2,18-8-12-22(13-9-18)26-17-27)20-6-5-7-21(16-20)25(3,4)19-10-14-23(28)15-11-19/h5-16,28H,1-4H3. The summed E-state index contributed by atoms with van der Waals surface area (Å²) in [5.41, 5.74) is 4.94. The van der Waals surface area contributed by atoms with E-state index in [1.54, 1.807) is 18.2 Å². The molecule has 3 heteroatoms. The molecule has 0 amide bonds. The Labute approximate surface area is 166 Å². The van der Waals surface area contributed by atoms with Crippen molar-refractivity contribution in [2.45, 2.75) is 38.5 Å². The van der Waals surface area contributed by atoms with Crippen LogP contribution in [0.25, 0.3) is 0 Å². The second kappa shape index (κ2) is 7.46. The van der Waals surface area contributed by atoms with E-state index in [1.165, 1.54) is 11.1 Å². The maximum atomic E-state index is 10.4. The summed E-state index contributed by atoms with van der Waals surface area (Å²) >= 11 is 0. The molecule has 3 nitrogen and oxygen atoms in total. The van der Waals surface area contributed by atoms with E-state index in [2.05, 4.69) is 57.0 Å². The van der Waals surface area contributed by atoms with Crippen LogP contribution < -0.4 is 0 Å². The molecular formula is C25H25NO2. The summed E-state index contributed by atoms with van der Waals surface area (Å²) in [6.45, 7) is 8.77. The van der Waals surface area contributed by atoms with Crippen LogP contribution in [0.1, 0.15) is 49.9 Å². The molecule has 0 unspecified atom stereocenters. The molecule has 0 spiro atoms. The van der Waals surface area contributed by atoms with Crippen molar-refractivity contribution < 1.29 is 9.90 Å². The lowest BCUT2D eigenvalue weighted by Crippen LogP contribution is -2.22. The summed E-state index contributed by atoms with van der Waals surface area (Å²) in [6.07, 6.45) is 1.58. The van der Waals surface area contributed by atoms with Gasteiger partial charge in [-0.05, 0) is 46.5 Å². The van der Waals surface area contributed by atoms with Gasteiger partial charge in [0.25, 0.3) is 0 Å². The van der Waals surface area contributed by atoms with Gasteiger partial charge in [-0.2, -0.15) is 4.99 Å². The summed E-state index contributed by atoms with van der Waals surface area (Å²) in [7, 11) is 0. The number of phenolic OH excluding ortho intramolecular Hbond substituents is 1. The Morgan fingerprint density at radius 2 is 1.18 bits per heavy atom. The molecule has 3 aromatic rings. The zero-order chi connectivity index (χ0) is 20.4. The van der Waals surface area contributed by atoms with Gasteiger partial charge >= 0.3 is 0 Å². The Morgan fingerprint density at radius 3 is 1.64 bits per heavy atom. The van der Waals surface area contributed by atoms with Crippen molar-refractivity contribution >= 4 is 11.8 Å². The van der Waals surface area contributed by atoms with E-state index >= 15 is 0 Å². The normalized spacial score (nSPS) is 11.7. The molecule has 3 rings (SSSR count). The number of carbonyl (C=O) groups excluding carboxylic acids is 1. The third-order valence-electron chi connectivity index (χ3n) is 5.66. The van der Waals surface area contributed by atoms with Crippen molar-refractivity contribution in [3.63, 3.8) is 0 Å². The van der Waals surface area contributed by atoms with Crippen molar-refractivity contribution in [3.05, 3.63) is 95.1 Å². The van der Waals surface area contributed by atoms with Gasteiger partial charge in [0, 0.05) is 10.8 Å². The molecule has 0 bridgehead atoms. The Hall–Kier alpha value is -3.16. The highest BCUT2D eigenvalue weighted by molar-refractivity contribution is 5.51. The predicted molar refractivity (Wildman–Crippen MR) is 113 cm³/mol. The molecule has 1 N–H and O–H groups in total. The molecule has 0 aliphatic rings. The minimum Gasteiger partial charge on any atom is -0.508 e. The lowest BCUT2D eigenvalue weighted by atomic mass is 9.73. The van der Waals surface area contributed by atoms with Gasteiger partial charge in [-0.25, -0.2) is 4.79 Å². The van der Waals surface area contributed by atoms with Crippen molar-refractivity contribution in [1.29, 1.82) is 0 Å². The summed E-state index contributed by atoms with van der Waals surface area (Å²) in [4.78, 5) is 14.1. The van der Waals surface area contributed by atoms with Crippen LogP contribution in [0.4, 0.5) is 5.69 Å². The highest BCUT2D eigenvalue weighted by Gasteiger charge is 2.27. The lowest BCUT2D eigenvalue weighted by Gasteiger charge is -2.31. The molecule has 28 heavy (non-hydrogen) atoms. The van der Waals surface area contributed by atoms with Crippen LogP contribution in [0.15, 0.2) is 77.8 Å². The quantitative estimate of drug-likeness (QED) is 0.441. The molecule has 0 aromatic heterocycles. The molecule has 0 atom stereocenters. The van der Waals surface area contributed by atoms with Crippen LogP contribution in [0.5, 0.6) is 5.75 Å². The second-order valence-electron chi connectivity index (χ2n) is 8.13. The van der Waals surface area contributed by atoms with Gasteiger partial charge in [0.15, 0.2) is 0 Å². The lowest BCUT2D eigenvalue weighted by molar-refractivity contribution is 0.474. The van der Waals surface area contributed by atoms with E-state index in [0.29, 0.717) is 5.69 Å². The number of rotatable bonds is 5. The number of phenols is 1. The fourth-order valence-corrected chi connectivity index (χ4v) is 3.51. The largest absolute Gasteiger partial charge is 0.508 e. The first-order chi connectivity index (χ1) is 13.2. The number of nitrogens with zero attached hydrogens (tertiary/aromatic N) is 1. The van der Waals surface area contributed by atoms with Crippen LogP contribution in [-0.4, -0.2) is 11.2 Å². The second-order valence-corrected chi connectivity index (χ2v) is 8.13. The third-order valence-corrected chi connectivity index (χ3v) is 5.66. The minimum atomic E-state index is -0.204. The molecular weight excluding hydrogens is 346 g/mol. The molecule has 0 aliphatic carbocycles. The highest BCUT2D eigenvalue weighted by Crippen LogP contribution is 2.37. The van der Waals surface area contributed by atoms with Crippen molar-refractivity contribution in [2.24, 2.45) is 4.99 Å². The van der Waals surface area contributed by atoms with Crippen LogP contribution in [0.3, 0.4) is 0 Å². The third kappa shape index (κ3) is 3.76. The van der Waals surface area contributed by atoms with E-state index < -0.39 is 0 Å². The zero-order valence-electron chi connectivity index (χ0n) is 16.7. The summed E-state index contributed by atoms with van der Waals surface area (Å²) in [5.74, 6) is 0.275. The van der Waals surface area contributed by atoms with Gasteiger partial charge in [-0.1, -0.05) is 76.2 Å². The molecule has 0 radical (unpaired) electrons. The average molecular weight is 371 g/mol. The number of aromatic hydroxyl groups is 1. The smallest absolute Gasteiger partial charge is 0.240 e. The monoisotopic (exact) mass is 371 g/mol. The molecule has 3 aromatic carbocycles. The van der Waals surface area contributed by atoms with Gasteiger partial charge in [0.2, 0.25) is 6.08 Å². The zero-order valence-corrected chi connectivity index (χ0v) is 16.7. The summed E-state index contributed by atoms with van der Waals surface area (Å²) in [6, 6.07) is 23.7. The molecule has 0 saturated carbocycles. The Balaban J connectivity index is 1.99. The van der Waals surface area contributed by atoms with Crippen LogP contribution in [0.2, 0.25) is 0 Å². The van der Waals surface area contributed by atoms with Gasteiger partial charge in [-0.3, -0.25) is 0 Å². The Bertz CT molecular complexity index is 1010. The van der Waals surface area contributed by atoms with E-state index in [0.717, 1.165) is 11.1 Å². The SMILES string of the molecule is CC(C)(c1ccc(O)cc1)c1cccc(C(C)(C)c2ccc(N=C=O)cc2)c1. The fourth-order valence-electron chi connectivity index (χ4n) is 3.51. The topological polar surface area (TPSA) is 49.7 Å². The number of benzene rings is 3. The number of aliphatic imine (C=N–C) groups is 1. The van der Waals surface area contributed by atoms with E-state index in [-0.39, 0.29) is 16.6 Å². The predicted octanol–water partition coefficient (Wildman–Crippen LogP) is 6.01. The van der Waals surface area contributed by atoms with Crippen molar-refractivity contribution in [3.8, 4) is 5.75 Å². The first-order valence-electron chi connectivity index (χ1n) is 9.34. The van der Waals surface area contributed by atoms with Crippen LogP contribution in [0, 0.1) is 0 Å². The molecule has 142 valence electrons. The maximum Gasteiger partial charge on any atom is 0.240 e. The highest BCUT2D eigenvalue weighted by atomic mass is 16.3. The molecule has 0 saturated heterocycles. The Morgan fingerprint density at radius 1 is 0.714 bits per heavy atom. The molecule has 0 aliphatic heterocycles.